The monoisotopic (exact) mass is 289 g/mol. The van der Waals surface area contributed by atoms with Crippen molar-refractivity contribution in [1.82, 2.24) is 0 Å². The zero-order chi connectivity index (χ0) is 13.9. The Labute approximate surface area is 111 Å². The fourth-order valence-electron chi connectivity index (χ4n) is 1.30. The lowest BCUT2D eigenvalue weighted by Gasteiger charge is -2.14. The number of hydrogen-bond acceptors (Lipinski definition) is 4. The molecule has 0 aliphatic carbocycles. The maximum atomic E-state index is 12.0. The lowest BCUT2D eigenvalue weighted by molar-refractivity contribution is 0.530. The van der Waals surface area contributed by atoms with Gasteiger partial charge in [0, 0.05) is 22.9 Å². The molecule has 18 heavy (non-hydrogen) atoms. The van der Waals surface area contributed by atoms with E-state index in [0.717, 1.165) is 6.26 Å². The second-order valence-corrected chi connectivity index (χ2v) is 8.18. The molecule has 0 saturated heterocycles. The van der Waals surface area contributed by atoms with E-state index in [4.69, 9.17) is 5.73 Å². The Kier molecular flexibility index (Phi) is 5.07. The summed E-state index contributed by atoms with van der Waals surface area (Å²) in [6, 6.07) is 5.99. The Balaban J connectivity index is 2.83. The van der Waals surface area contributed by atoms with E-state index >= 15 is 0 Å². The molecule has 0 spiro atoms. The third-order valence-corrected chi connectivity index (χ3v) is 5.33. The standard InChI is InChI=1S/C12H19NO3S2/c1-9(2)12(13)8-17(14)10-4-6-11(7-5-10)18(3,15)16/h4-7,9,12H,8,13H2,1-3H3. The molecule has 0 radical (unpaired) electrons. The van der Waals surface area contributed by atoms with Crippen molar-refractivity contribution >= 4 is 20.6 Å². The Bertz CT molecular complexity index is 521. The maximum Gasteiger partial charge on any atom is 0.175 e. The minimum Gasteiger partial charge on any atom is -0.327 e. The van der Waals surface area contributed by atoms with Gasteiger partial charge in [-0.05, 0) is 30.2 Å². The van der Waals surface area contributed by atoms with Crippen molar-refractivity contribution in [3.8, 4) is 0 Å². The highest BCUT2D eigenvalue weighted by Crippen LogP contribution is 2.14. The third kappa shape index (κ3) is 4.19. The van der Waals surface area contributed by atoms with Gasteiger partial charge >= 0.3 is 0 Å². The first-order valence-corrected chi connectivity index (χ1v) is 8.87. The van der Waals surface area contributed by atoms with Crippen LogP contribution in [0.4, 0.5) is 0 Å². The van der Waals surface area contributed by atoms with Crippen LogP contribution in [0.2, 0.25) is 0 Å². The maximum absolute atomic E-state index is 12.0. The van der Waals surface area contributed by atoms with Crippen LogP contribution in [0.1, 0.15) is 13.8 Å². The van der Waals surface area contributed by atoms with E-state index in [1.165, 1.54) is 12.1 Å². The van der Waals surface area contributed by atoms with E-state index in [9.17, 15) is 12.6 Å². The summed E-state index contributed by atoms with van der Waals surface area (Å²) in [6.07, 6.45) is 1.15. The van der Waals surface area contributed by atoms with Crippen molar-refractivity contribution in [2.45, 2.75) is 29.7 Å². The molecule has 6 heteroatoms. The van der Waals surface area contributed by atoms with Crippen molar-refractivity contribution in [3.05, 3.63) is 24.3 Å². The molecule has 2 N–H and O–H groups in total. The third-order valence-electron chi connectivity index (χ3n) is 2.71. The first-order valence-electron chi connectivity index (χ1n) is 5.66. The second kappa shape index (κ2) is 5.95. The predicted octanol–water partition coefficient (Wildman–Crippen LogP) is 1.18. The largest absolute Gasteiger partial charge is 0.327 e. The highest BCUT2D eigenvalue weighted by Gasteiger charge is 2.14. The van der Waals surface area contributed by atoms with Gasteiger partial charge in [0.15, 0.2) is 9.84 Å². The highest BCUT2D eigenvalue weighted by molar-refractivity contribution is 7.90. The van der Waals surface area contributed by atoms with Crippen molar-refractivity contribution in [2.75, 3.05) is 12.0 Å². The molecule has 2 unspecified atom stereocenters. The van der Waals surface area contributed by atoms with Gasteiger partial charge in [-0.2, -0.15) is 0 Å². The van der Waals surface area contributed by atoms with Crippen LogP contribution in [0.5, 0.6) is 0 Å². The van der Waals surface area contributed by atoms with Gasteiger partial charge in [0.1, 0.15) is 0 Å². The van der Waals surface area contributed by atoms with Gasteiger partial charge in [-0.3, -0.25) is 4.21 Å². The molecule has 0 fully saturated rings. The molecule has 1 rings (SSSR count). The van der Waals surface area contributed by atoms with Gasteiger partial charge in [-0.25, -0.2) is 8.42 Å². The van der Waals surface area contributed by atoms with Crippen molar-refractivity contribution < 1.29 is 12.6 Å². The number of rotatable bonds is 5. The summed E-state index contributed by atoms with van der Waals surface area (Å²) in [7, 11) is -4.39. The zero-order valence-corrected chi connectivity index (χ0v) is 12.4. The molecule has 0 bridgehead atoms. The Morgan fingerprint density at radius 3 is 2.11 bits per heavy atom. The highest BCUT2D eigenvalue weighted by atomic mass is 32.2. The molecule has 0 saturated carbocycles. The SMILES string of the molecule is CC(C)C(N)CS(=O)c1ccc(S(C)(=O)=O)cc1. The molecule has 0 aliphatic rings. The Hall–Kier alpha value is -0.720. The van der Waals surface area contributed by atoms with Crippen LogP contribution in [0.25, 0.3) is 0 Å². The lowest BCUT2D eigenvalue weighted by Crippen LogP contribution is -2.32. The van der Waals surface area contributed by atoms with Crippen LogP contribution in [0, 0.1) is 5.92 Å². The number of nitrogens with two attached hydrogens (primary N) is 1. The van der Waals surface area contributed by atoms with Gasteiger partial charge in [-0.1, -0.05) is 13.8 Å². The van der Waals surface area contributed by atoms with Gasteiger partial charge in [0.05, 0.1) is 15.7 Å². The average Bonchev–Trinajstić information content (AvgIpc) is 2.27. The zero-order valence-electron chi connectivity index (χ0n) is 10.8. The average molecular weight is 289 g/mol. The van der Waals surface area contributed by atoms with Crippen LogP contribution in [0.3, 0.4) is 0 Å². The molecule has 0 aromatic heterocycles. The van der Waals surface area contributed by atoms with E-state index in [2.05, 4.69) is 0 Å². The van der Waals surface area contributed by atoms with Crippen LogP contribution in [-0.2, 0) is 20.6 Å². The number of sulfone groups is 1. The van der Waals surface area contributed by atoms with Gasteiger partial charge in [0.25, 0.3) is 0 Å². The van der Waals surface area contributed by atoms with E-state index in [1.54, 1.807) is 12.1 Å². The van der Waals surface area contributed by atoms with Crippen LogP contribution in [-0.4, -0.2) is 30.7 Å². The van der Waals surface area contributed by atoms with Crippen molar-refractivity contribution in [2.24, 2.45) is 11.7 Å². The summed E-state index contributed by atoms with van der Waals surface area (Å²) in [6.45, 7) is 3.96. The topological polar surface area (TPSA) is 77.2 Å². The molecule has 0 aliphatic heterocycles. The summed E-state index contributed by atoms with van der Waals surface area (Å²) >= 11 is 0. The Morgan fingerprint density at radius 2 is 1.72 bits per heavy atom. The van der Waals surface area contributed by atoms with Gasteiger partial charge in [0.2, 0.25) is 0 Å². The molecular weight excluding hydrogens is 270 g/mol. The molecular formula is C12H19NO3S2. The predicted molar refractivity (Wildman–Crippen MR) is 73.6 cm³/mol. The van der Waals surface area contributed by atoms with Crippen molar-refractivity contribution in [1.29, 1.82) is 0 Å². The molecule has 0 heterocycles. The summed E-state index contributed by atoms with van der Waals surface area (Å²) in [5.41, 5.74) is 5.86. The first-order chi connectivity index (χ1) is 8.21. The van der Waals surface area contributed by atoms with Crippen LogP contribution in [0.15, 0.2) is 34.1 Å². The van der Waals surface area contributed by atoms with Crippen molar-refractivity contribution in [3.63, 3.8) is 0 Å². The van der Waals surface area contributed by atoms with E-state index < -0.39 is 20.6 Å². The minimum atomic E-state index is -3.21. The summed E-state index contributed by atoms with van der Waals surface area (Å²) in [5.74, 6) is 0.653. The van der Waals surface area contributed by atoms with Gasteiger partial charge in [-0.15, -0.1) is 0 Å². The van der Waals surface area contributed by atoms with Gasteiger partial charge < -0.3 is 5.73 Å². The molecule has 2 atom stereocenters. The minimum absolute atomic E-state index is 0.125. The molecule has 1 aromatic carbocycles. The first kappa shape index (κ1) is 15.3. The van der Waals surface area contributed by atoms with E-state index in [1.807, 2.05) is 13.8 Å². The molecule has 1 aromatic rings. The fourth-order valence-corrected chi connectivity index (χ4v) is 3.30. The second-order valence-electron chi connectivity index (χ2n) is 4.66. The smallest absolute Gasteiger partial charge is 0.175 e. The molecule has 4 nitrogen and oxygen atoms in total. The summed E-state index contributed by atoms with van der Waals surface area (Å²) < 4.78 is 34.6. The quantitative estimate of drug-likeness (QED) is 0.883. The lowest BCUT2D eigenvalue weighted by atomic mass is 10.1. The Morgan fingerprint density at radius 1 is 1.22 bits per heavy atom. The summed E-state index contributed by atoms with van der Waals surface area (Å²) in [4.78, 5) is 0.843. The van der Waals surface area contributed by atoms with Crippen LogP contribution >= 0.6 is 0 Å². The normalized spacial score (nSPS) is 15.6. The van der Waals surface area contributed by atoms with E-state index in [-0.39, 0.29) is 16.9 Å². The van der Waals surface area contributed by atoms with E-state index in [0.29, 0.717) is 10.6 Å². The fraction of sp³-hybridized carbons (Fsp3) is 0.500. The molecule has 102 valence electrons. The van der Waals surface area contributed by atoms with Crippen LogP contribution < -0.4 is 5.73 Å². The number of hydrogen-bond donors (Lipinski definition) is 1. The molecule has 0 amide bonds. The number of benzene rings is 1. The summed E-state index contributed by atoms with van der Waals surface area (Å²) in [5, 5.41) is 0.